The summed E-state index contributed by atoms with van der Waals surface area (Å²) in [5, 5.41) is 7.34. The summed E-state index contributed by atoms with van der Waals surface area (Å²) in [5.74, 6) is 0.494. The molecule has 1 N–H and O–H groups in total. The Labute approximate surface area is 134 Å². The summed E-state index contributed by atoms with van der Waals surface area (Å²) in [5.41, 5.74) is 4.56. The largest absolute Gasteiger partial charge is 0.462 e. The van der Waals surface area contributed by atoms with E-state index in [-0.39, 0.29) is 0 Å². The Kier molecular flexibility index (Phi) is 4.28. The standard InChI is InChI=1S/C18H18FN3O/c1-22(2)14-9-7-13(8-10-14)16-11-17(21-20-16)15-5-3-4-6-18(15)23-12-19/h3-11H,12H2,1-2H3,(H,20,21). The lowest BCUT2D eigenvalue weighted by molar-refractivity contribution is 0.192. The number of H-pyrrole nitrogens is 1. The van der Waals surface area contributed by atoms with Crippen molar-refractivity contribution in [2.45, 2.75) is 0 Å². The van der Waals surface area contributed by atoms with Crippen molar-refractivity contribution in [2.75, 3.05) is 25.9 Å². The molecule has 1 heterocycles. The van der Waals surface area contributed by atoms with Gasteiger partial charge in [0, 0.05) is 30.9 Å². The van der Waals surface area contributed by atoms with Gasteiger partial charge in [0.2, 0.25) is 6.86 Å². The molecule has 5 heteroatoms. The first-order valence-corrected chi connectivity index (χ1v) is 7.30. The maximum atomic E-state index is 12.5. The quantitative estimate of drug-likeness (QED) is 0.771. The Morgan fingerprint density at radius 3 is 2.52 bits per heavy atom. The van der Waals surface area contributed by atoms with Crippen molar-refractivity contribution in [3.05, 3.63) is 54.6 Å². The second-order valence-electron chi connectivity index (χ2n) is 5.36. The average molecular weight is 311 g/mol. The zero-order valence-corrected chi connectivity index (χ0v) is 13.1. The number of benzene rings is 2. The van der Waals surface area contributed by atoms with Gasteiger partial charge in [-0.2, -0.15) is 5.10 Å². The third-order valence-corrected chi connectivity index (χ3v) is 3.64. The molecular formula is C18H18FN3O. The number of para-hydroxylation sites is 1. The van der Waals surface area contributed by atoms with Crippen molar-refractivity contribution >= 4 is 5.69 Å². The predicted octanol–water partition coefficient (Wildman–Crippen LogP) is 4.12. The van der Waals surface area contributed by atoms with Crippen LogP contribution in [0.15, 0.2) is 54.6 Å². The van der Waals surface area contributed by atoms with E-state index in [1.807, 2.05) is 67.5 Å². The van der Waals surface area contributed by atoms with Crippen LogP contribution in [0.25, 0.3) is 22.5 Å². The minimum Gasteiger partial charge on any atom is -0.462 e. The van der Waals surface area contributed by atoms with Crippen LogP contribution in [0, 0.1) is 0 Å². The van der Waals surface area contributed by atoms with Crippen LogP contribution in [-0.4, -0.2) is 31.2 Å². The lowest BCUT2D eigenvalue weighted by atomic mass is 10.1. The van der Waals surface area contributed by atoms with Gasteiger partial charge >= 0.3 is 0 Å². The molecule has 0 saturated heterocycles. The van der Waals surface area contributed by atoms with Crippen molar-refractivity contribution in [1.82, 2.24) is 10.2 Å². The molecule has 0 aliphatic rings. The van der Waals surface area contributed by atoms with E-state index in [0.29, 0.717) is 5.75 Å². The monoisotopic (exact) mass is 311 g/mol. The van der Waals surface area contributed by atoms with Gasteiger partial charge in [-0.05, 0) is 30.3 Å². The highest BCUT2D eigenvalue weighted by molar-refractivity contribution is 5.72. The fourth-order valence-corrected chi connectivity index (χ4v) is 2.41. The van der Waals surface area contributed by atoms with Crippen LogP contribution in [0.1, 0.15) is 0 Å². The van der Waals surface area contributed by atoms with Gasteiger partial charge in [-0.15, -0.1) is 0 Å². The maximum absolute atomic E-state index is 12.5. The molecule has 0 unspecified atom stereocenters. The van der Waals surface area contributed by atoms with Crippen molar-refractivity contribution in [3.8, 4) is 28.3 Å². The Morgan fingerprint density at radius 1 is 1.09 bits per heavy atom. The Bertz CT molecular complexity index is 781. The summed E-state index contributed by atoms with van der Waals surface area (Å²) in [6.45, 7) is -0.857. The number of rotatable bonds is 5. The van der Waals surface area contributed by atoms with Gasteiger partial charge in [0.1, 0.15) is 5.75 Å². The van der Waals surface area contributed by atoms with Gasteiger partial charge in [0.15, 0.2) is 0 Å². The SMILES string of the molecule is CN(C)c1ccc(-c2cc(-c3ccccc3OCF)[nH]n2)cc1. The van der Waals surface area contributed by atoms with Crippen LogP contribution in [0.2, 0.25) is 0 Å². The van der Waals surface area contributed by atoms with Gasteiger partial charge in [-0.3, -0.25) is 5.10 Å². The summed E-state index contributed by atoms with van der Waals surface area (Å²) in [6, 6.07) is 17.4. The fourth-order valence-electron chi connectivity index (χ4n) is 2.41. The zero-order valence-electron chi connectivity index (χ0n) is 13.1. The third kappa shape index (κ3) is 3.18. The highest BCUT2D eigenvalue weighted by Crippen LogP contribution is 2.31. The van der Waals surface area contributed by atoms with Crippen LogP contribution in [-0.2, 0) is 0 Å². The van der Waals surface area contributed by atoms with E-state index in [0.717, 1.165) is 28.2 Å². The van der Waals surface area contributed by atoms with E-state index in [9.17, 15) is 4.39 Å². The van der Waals surface area contributed by atoms with Gasteiger partial charge in [0.25, 0.3) is 0 Å². The van der Waals surface area contributed by atoms with Gasteiger partial charge < -0.3 is 9.64 Å². The number of halogens is 1. The van der Waals surface area contributed by atoms with Crippen LogP contribution < -0.4 is 9.64 Å². The molecule has 2 aromatic carbocycles. The number of hydrogen-bond acceptors (Lipinski definition) is 3. The number of alkyl halides is 1. The van der Waals surface area contributed by atoms with E-state index in [1.165, 1.54) is 0 Å². The zero-order chi connectivity index (χ0) is 16.2. The molecule has 0 radical (unpaired) electrons. The van der Waals surface area contributed by atoms with Crippen molar-refractivity contribution in [2.24, 2.45) is 0 Å². The molecule has 0 aliphatic heterocycles. The molecule has 0 fully saturated rings. The topological polar surface area (TPSA) is 41.1 Å². The number of nitrogens with one attached hydrogen (secondary N) is 1. The van der Waals surface area contributed by atoms with E-state index >= 15 is 0 Å². The number of anilines is 1. The maximum Gasteiger partial charge on any atom is 0.228 e. The van der Waals surface area contributed by atoms with Crippen molar-refractivity contribution in [3.63, 3.8) is 0 Å². The normalized spacial score (nSPS) is 10.6. The minimum atomic E-state index is -0.857. The lowest BCUT2D eigenvalue weighted by Gasteiger charge is -2.12. The molecule has 0 bridgehead atoms. The molecule has 3 aromatic rings. The van der Waals surface area contributed by atoms with Crippen molar-refractivity contribution in [1.29, 1.82) is 0 Å². The number of aromatic nitrogens is 2. The smallest absolute Gasteiger partial charge is 0.228 e. The summed E-state index contributed by atoms with van der Waals surface area (Å²) in [7, 11) is 4.01. The summed E-state index contributed by atoms with van der Waals surface area (Å²) < 4.78 is 17.5. The number of aromatic amines is 1. The molecule has 0 saturated carbocycles. The average Bonchev–Trinajstić information content (AvgIpc) is 3.05. The van der Waals surface area contributed by atoms with E-state index in [4.69, 9.17) is 4.74 Å². The minimum absolute atomic E-state index is 0.494. The third-order valence-electron chi connectivity index (χ3n) is 3.64. The first-order valence-electron chi connectivity index (χ1n) is 7.30. The molecule has 23 heavy (non-hydrogen) atoms. The highest BCUT2D eigenvalue weighted by Gasteiger charge is 2.10. The lowest BCUT2D eigenvalue weighted by Crippen LogP contribution is -2.07. The predicted molar refractivity (Wildman–Crippen MR) is 90.4 cm³/mol. The van der Waals surface area contributed by atoms with E-state index < -0.39 is 6.86 Å². The summed E-state index contributed by atoms with van der Waals surface area (Å²) in [4.78, 5) is 2.05. The van der Waals surface area contributed by atoms with Crippen LogP contribution in [0.3, 0.4) is 0 Å². The fraction of sp³-hybridized carbons (Fsp3) is 0.167. The molecule has 1 aromatic heterocycles. The molecule has 0 aliphatic carbocycles. The van der Waals surface area contributed by atoms with Crippen LogP contribution >= 0.6 is 0 Å². The molecule has 0 spiro atoms. The van der Waals surface area contributed by atoms with E-state index in [2.05, 4.69) is 10.2 Å². The molecular weight excluding hydrogens is 293 g/mol. The first-order chi connectivity index (χ1) is 11.2. The first kappa shape index (κ1) is 15.1. The Hall–Kier alpha value is -2.82. The van der Waals surface area contributed by atoms with Gasteiger partial charge in [0.05, 0.1) is 11.4 Å². The molecule has 0 atom stereocenters. The molecule has 3 rings (SSSR count). The van der Waals surface area contributed by atoms with Gasteiger partial charge in [-0.1, -0.05) is 24.3 Å². The number of ether oxygens (including phenoxy) is 1. The Morgan fingerprint density at radius 2 is 1.83 bits per heavy atom. The molecule has 0 amide bonds. The van der Waals surface area contributed by atoms with E-state index in [1.54, 1.807) is 6.07 Å². The van der Waals surface area contributed by atoms with Crippen LogP contribution in [0.4, 0.5) is 10.1 Å². The molecule has 4 nitrogen and oxygen atoms in total. The molecule has 118 valence electrons. The van der Waals surface area contributed by atoms with Gasteiger partial charge in [-0.25, -0.2) is 4.39 Å². The van der Waals surface area contributed by atoms with Crippen LogP contribution in [0.5, 0.6) is 5.75 Å². The van der Waals surface area contributed by atoms with Crippen molar-refractivity contribution < 1.29 is 9.13 Å². The highest BCUT2D eigenvalue weighted by atomic mass is 19.1. The second kappa shape index (κ2) is 6.52. The number of nitrogens with zero attached hydrogens (tertiary/aromatic N) is 2. The number of hydrogen-bond donors (Lipinski definition) is 1. The summed E-state index contributed by atoms with van der Waals surface area (Å²) >= 11 is 0. The second-order valence-corrected chi connectivity index (χ2v) is 5.36. The summed E-state index contributed by atoms with van der Waals surface area (Å²) in [6.07, 6.45) is 0. The Balaban J connectivity index is 1.91.